The molecule has 0 unspecified atom stereocenters. The van der Waals surface area contributed by atoms with Crippen molar-refractivity contribution in [3.8, 4) is 73.2 Å². The zero-order valence-corrected chi connectivity index (χ0v) is 33.5. The summed E-state index contributed by atoms with van der Waals surface area (Å²) in [5.74, 6) is 1.80. The smallest absolute Gasteiger partial charge is 0.164 e. The van der Waals surface area contributed by atoms with Gasteiger partial charge in [0.1, 0.15) is 11.2 Å². The van der Waals surface area contributed by atoms with Gasteiger partial charge in [-0.1, -0.05) is 170 Å². The lowest BCUT2D eigenvalue weighted by molar-refractivity contribution is 0.669. The zero-order valence-electron chi connectivity index (χ0n) is 33.5. The highest BCUT2D eigenvalue weighted by Crippen LogP contribution is 2.43. The highest BCUT2D eigenvalue weighted by atomic mass is 16.3. The fourth-order valence-electron chi connectivity index (χ4n) is 8.97. The van der Waals surface area contributed by atoms with E-state index < -0.39 is 0 Å². The third-order valence-corrected chi connectivity index (χ3v) is 11.9. The molecule has 0 spiro atoms. The van der Waals surface area contributed by atoms with Crippen molar-refractivity contribution in [3.63, 3.8) is 0 Å². The van der Waals surface area contributed by atoms with Gasteiger partial charge in [0.25, 0.3) is 0 Å². The highest BCUT2D eigenvalue weighted by molar-refractivity contribution is 6.15. The minimum atomic E-state index is 0.579. The molecule has 0 N–H and O–H groups in total. The van der Waals surface area contributed by atoms with E-state index in [1.165, 1.54) is 21.8 Å². The summed E-state index contributed by atoms with van der Waals surface area (Å²) in [6, 6.07) is 76.3. The second kappa shape index (κ2) is 14.7. The predicted molar refractivity (Wildman–Crippen MR) is 254 cm³/mol. The molecule has 290 valence electrons. The van der Waals surface area contributed by atoms with E-state index >= 15 is 0 Å². The summed E-state index contributed by atoms with van der Waals surface area (Å²) in [6.45, 7) is 0. The minimum absolute atomic E-state index is 0.579. The molecule has 12 aromatic rings. The number of benzene rings is 9. The molecule has 3 heterocycles. The van der Waals surface area contributed by atoms with Crippen LogP contribution in [-0.4, -0.2) is 19.5 Å². The van der Waals surface area contributed by atoms with Gasteiger partial charge in [0, 0.05) is 43.9 Å². The average Bonchev–Trinajstić information content (AvgIpc) is 3.90. The molecule has 5 nitrogen and oxygen atoms in total. The van der Waals surface area contributed by atoms with Crippen LogP contribution in [0, 0.1) is 0 Å². The molecule has 0 aliphatic heterocycles. The SMILES string of the molecule is c1ccc(-c2cccc(-c3nc(-c4ccccc4)nc(-c4ccc5c(c4)oc4cccc(-c6ccccc6-c6ccc7c8ccccc8n(-c8ccccc8)c7c6)c45)n3)c2)cc1. The lowest BCUT2D eigenvalue weighted by atomic mass is 9.91. The predicted octanol–water partition coefficient (Wildman–Crippen LogP) is 14.9. The summed E-state index contributed by atoms with van der Waals surface area (Å²) in [6.07, 6.45) is 0. The highest BCUT2D eigenvalue weighted by Gasteiger charge is 2.20. The van der Waals surface area contributed by atoms with Crippen molar-refractivity contribution >= 4 is 43.7 Å². The summed E-state index contributed by atoms with van der Waals surface area (Å²) < 4.78 is 9.07. The average molecular weight is 793 g/mol. The van der Waals surface area contributed by atoms with Crippen molar-refractivity contribution < 1.29 is 4.42 Å². The maximum absolute atomic E-state index is 6.70. The van der Waals surface area contributed by atoms with Crippen molar-refractivity contribution in [2.24, 2.45) is 0 Å². The van der Waals surface area contributed by atoms with Gasteiger partial charge in [-0.25, -0.2) is 15.0 Å². The molecule has 9 aromatic carbocycles. The maximum Gasteiger partial charge on any atom is 0.164 e. The standard InChI is InChI=1S/C57H36N4O/c1-4-16-37(17-5-1)39-20-14-21-41(34-39)56-58-55(38-18-6-2-7-19-38)59-57(60-56)42-31-33-49-53(36-42)62-52-29-15-27-48(54(49)52)45-25-11-10-24-44(45)40-30-32-47-46-26-12-13-28-50(46)61(51(47)35-40)43-22-8-3-9-23-43/h1-36H. The molecule has 0 fully saturated rings. The summed E-state index contributed by atoms with van der Waals surface area (Å²) in [4.78, 5) is 15.2. The number of hydrogen-bond acceptors (Lipinski definition) is 4. The Kier molecular flexibility index (Phi) is 8.42. The molecule has 0 saturated carbocycles. The fourth-order valence-corrected chi connectivity index (χ4v) is 8.97. The van der Waals surface area contributed by atoms with Gasteiger partial charge in [-0.2, -0.15) is 0 Å². The first-order valence-corrected chi connectivity index (χ1v) is 20.8. The van der Waals surface area contributed by atoms with Gasteiger partial charge in [0.15, 0.2) is 17.5 Å². The molecule has 0 aliphatic carbocycles. The summed E-state index contributed by atoms with van der Waals surface area (Å²) >= 11 is 0. The topological polar surface area (TPSA) is 56.7 Å². The molecule has 0 amide bonds. The summed E-state index contributed by atoms with van der Waals surface area (Å²) in [7, 11) is 0. The Morgan fingerprint density at radius 3 is 1.65 bits per heavy atom. The second-order valence-corrected chi connectivity index (χ2v) is 15.6. The lowest BCUT2D eigenvalue weighted by Crippen LogP contribution is -2.00. The number of hydrogen-bond donors (Lipinski definition) is 0. The van der Waals surface area contributed by atoms with E-state index in [1.807, 2.05) is 36.4 Å². The number of para-hydroxylation sites is 2. The molecule has 0 saturated heterocycles. The molecule has 0 radical (unpaired) electrons. The van der Waals surface area contributed by atoms with Crippen LogP contribution in [0.4, 0.5) is 0 Å². The van der Waals surface area contributed by atoms with Crippen LogP contribution in [0.3, 0.4) is 0 Å². The van der Waals surface area contributed by atoms with Gasteiger partial charge in [0.05, 0.1) is 11.0 Å². The number of rotatable bonds is 7. The molecule has 5 heteroatoms. The number of furan rings is 1. The second-order valence-electron chi connectivity index (χ2n) is 15.6. The van der Waals surface area contributed by atoms with Crippen molar-refractivity contribution in [3.05, 3.63) is 218 Å². The number of fused-ring (bicyclic) bond motifs is 6. The quantitative estimate of drug-likeness (QED) is 0.161. The van der Waals surface area contributed by atoms with Crippen LogP contribution >= 0.6 is 0 Å². The van der Waals surface area contributed by atoms with Crippen LogP contribution in [-0.2, 0) is 0 Å². The maximum atomic E-state index is 6.70. The Morgan fingerprint density at radius 2 is 0.855 bits per heavy atom. The van der Waals surface area contributed by atoms with Crippen LogP contribution < -0.4 is 0 Å². The molecule has 62 heavy (non-hydrogen) atoms. The third-order valence-electron chi connectivity index (χ3n) is 11.9. The molecule has 0 bridgehead atoms. The Balaban J connectivity index is 0.985. The minimum Gasteiger partial charge on any atom is -0.456 e. The van der Waals surface area contributed by atoms with Gasteiger partial charge in [0.2, 0.25) is 0 Å². The Morgan fingerprint density at radius 1 is 0.306 bits per heavy atom. The van der Waals surface area contributed by atoms with Crippen LogP contribution in [0.2, 0.25) is 0 Å². The van der Waals surface area contributed by atoms with E-state index in [2.05, 4.69) is 187 Å². The van der Waals surface area contributed by atoms with Crippen molar-refractivity contribution in [2.45, 2.75) is 0 Å². The normalized spacial score (nSPS) is 11.5. The number of nitrogens with zero attached hydrogens (tertiary/aromatic N) is 4. The van der Waals surface area contributed by atoms with Crippen molar-refractivity contribution in [1.29, 1.82) is 0 Å². The van der Waals surface area contributed by atoms with E-state index in [-0.39, 0.29) is 0 Å². The lowest BCUT2D eigenvalue weighted by Gasteiger charge is -2.13. The largest absolute Gasteiger partial charge is 0.456 e. The van der Waals surface area contributed by atoms with E-state index in [4.69, 9.17) is 19.4 Å². The molecule has 0 atom stereocenters. The van der Waals surface area contributed by atoms with Crippen LogP contribution in [0.5, 0.6) is 0 Å². The van der Waals surface area contributed by atoms with E-state index in [9.17, 15) is 0 Å². The summed E-state index contributed by atoms with van der Waals surface area (Å²) in [5.41, 5.74) is 14.6. The molecular weight excluding hydrogens is 757 g/mol. The van der Waals surface area contributed by atoms with Crippen molar-refractivity contribution in [2.75, 3.05) is 0 Å². The van der Waals surface area contributed by atoms with Crippen LogP contribution in [0.1, 0.15) is 0 Å². The first-order chi connectivity index (χ1) is 30.7. The molecule has 3 aromatic heterocycles. The monoisotopic (exact) mass is 792 g/mol. The van der Waals surface area contributed by atoms with Gasteiger partial charge in [-0.3, -0.25) is 0 Å². The van der Waals surface area contributed by atoms with Gasteiger partial charge >= 0.3 is 0 Å². The van der Waals surface area contributed by atoms with Gasteiger partial charge < -0.3 is 8.98 Å². The van der Waals surface area contributed by atoms with E-state index in [1.54, 1.807) is 0 Å². The molecule has 0 aliphatic rings. The van der Waals surface area contributed by atoms with Crippen LogP contribution in [0.25, 0.3) is 117 Å². The Bertz CT molecular complexity index is 3630. The van der Waals surface area contributed by atoms with Gasteiger partial charge in [-0.15, -0.1) is 0 Å². The third kappa shape index (κ3) is 6.06. The van der Waals surface area contributed by atoms with E-state index in [0.717, 1.165) is 77.7 Å². The van der Waals surface area contributed by atoms with Crippen molar-refractivity contribution in [1.82, 2.24) is 19.5 Å². The Hall–Kier alpha value is -8.41. The first kappa shape index (κ1) is 35.5. The molecular formula is C57H36N4O. The zero-order chi connectivity index (χ0) is 41.0. The first-order valence-electron chi connectivity index (χ1n) is 20.8. The molecule has 12 rings (SSSR count). The van der Waals surface area contributed by atoms with Gasteiger partial charge in [-0.05, 0) is 81.9 Å². The van der Waals surface area contributed by atoms with Crippen LogP contribution in [0.15, 0.2) is 223 Å². The Labute approximate surface area is 357 Å². The van der Waals surface area contributed by atoms with E-state index in [0.29, 0.717) is 17.5 Å². The fraction of sp³-hybridized carbons (Fsp3) is 0. The summed E-state index contributed by atoms with van der Waals surface area (Å²) in [5, 5.41) is 4.57. The number of aromatic nitrogens is 4.